The summed E-state index contributed by atoms with van der Waals surface area (Å²) in [6, 6.07) is 13.7. The van der Waals surface area contributed by atoms with Gasteiger partial charge in [0.15, 0.2) is 11.5 Å². The number of carbonyl (C=O) groups is 1. The first kappa shape index (κ1) is 22.0. The second kappa shape index (κ2) is 9.96. The fourth-order valence-corrected chi connectivity index (χ4v) is 4.57. The average Bonchev–Trinajstić information content (AvgIpc) is 3.00. The third kappa shape index (κ3) is 4.83. The van der Waals surface area contributed by atoms with E-state index in [1.54, 1.807) is 24.9 Å². The first-order valence-corrected chi connectivity index (χ1v) is 11.5. The highest BCUT2D eigenvalue weighted by molar-refractivity contribution is 7.99. The van der Waals surface area contributed by atoms with Gasteiger partial charge in [0, 0.05) is 17.5 Å². The average molecular weight is 451 g/mol. The Morgan fingerprint density at radius 1 is 1.22 bits per heavy atom. The van der Waals surface area contributed by atoms with Crippen molar-refractivity contribution in [3.63, 3.8) is 0 Å². The van der Waals surface area contributed by atoms with E-state index in [1.165, 1.54) is 0 Å². The minimum atomic E-state index is -0.0300. The number of hydrogen-bond donors (Lipinski definition) is 0. The SMILES string of the molecule is COc1cc(C=CC(=O)N2CCCSc3ccccc32)ccc1OCc1c(C)noc1C. The molecule has 0 saturated carbocycles. The molecule has 0 spiro atoms. The van der Waals surface area contributed by atoms with Crippen molar-refractivity contribution in [2.45, 2.75) is 31.8 Å². The Hall–Kier alpha value is -3.19. The van der Waals surface area contributed by atoms with Crippen LogP contribution in [0.2, 0.25) is 0 Å². The lowest BCUT2D eigenvalue weighted by molar-refractivity contribution is -0.114. The smallest absolute Gasteiger partial charge is 0.251 e. The standard InChI is InChI=1S/C25H26N2O4S/c1-17-20(18(2)31-26-17)16-30-22-11-9-19(15-23(22)29-3)10-12-25(28)27-13-6-14-32-24-8-5-4-7-21(24)27/h4-5,7-12,15H,6,13-14,16H2,1-3H3. The number of amides is 1. The Labute approximate surface area is 192 Å². The molecule has 0 bridgehead atoms. The second-order valence-corrected chi connectivity index (χ2v) is 8.63. The van der Waals surface area contributed by atoms with Crippen LogP contribution in [0.4, 0.5) is 5.69 Å². The fraction of sp³-hybridized carbons (Fsp3) is 0.280. The van der Waals surface area contributed by atoms with Crippen molar-refractivity contribution in [3.05, 3.63) is 71.1 Å². The number of aryl methyl sites for hydroxylation is 2. The number of ether oxygens (including phenoxy) is 2. The van der Waals surface area contributed by atoms with Gasteiger partial charge in [-0.1, -0.05) is 23.4 Å². The lowest BCUT2D eigenvalue weighted by Crippen LogP contribution is -2.30. The summed E-state index contributed by atoms with van der Waals surface area (Å²) in [6.45, 7) is 4.81. The normalized spacial score (nSPS) is 13.7. The molecule has 32 heavy (non-hydrogen) atoms. The fourth-order valence-electron chi connectivity index (χ4n) is 3.58. The van der Waals surface area contributed by atoms with Gasteiger partial charge in [-0.25, -0.2) is 0 Å². The van der Waals surface area contributed by atoms with E-state index in [0.717, 1.165) is 45.3 Å². The highest BCUT2D eigenvalue weighted by Crippen LogP contribution is 2.34. The number of anilines is 1. The van der Waals surface area contributed by atoms with Gasteiger partial charge < -0.3 is 18.9 Å². The van der Waals surface area contributed by atoms with E-state index in [0.29, 0.717) is 24.7 Å². The maximum Gasteiger partial charge on any atom is 0.251 e. The molecule has 0 N–H and O–H groups in total. The summed E-state index contributed by atoms with van der Waals surface area (Å²) in [5.41, 5.74) is 3.58. The molecule has 1 aromatic heterocycles. The van der Waals surface area contributed by atoms with Crippen LogP contribution in [0.5, 0.6) is 11.5 Å². The molecule has 6 nitrogen and oxygen atoms in total. The predicted octanol–water partition coefficient (Wildman–Crippen LogP) is 5.42. The maximum absolute atomic E-state index is 13.0. The van der Waals surface area contributed by atoms with Gasteiger partial charge in [-0.2, -0.15) is 0 Å². The Bertz CT molecular complexity index is 1120. The van der Waals surface area contributed by atoms with Crippen LogP contribution in [-0.2, 0) is 11.4 Å². The molecule has 1 aliphatic heterocycles. The lowest BCUT2D eigenvalue weighted by atomic mass is 10.1. The Balaban J connectivity index is 1.48. The molecular weight excluding hydrogens is 424 g/mol. The lowest BCUT2D eigenvalue weighted by Gasteiger charge is -2.20. The third-order valence-electron chi connectivity index (χ3n) is 5.36. The molecule has 2 aromatic carbocycles. The van der Waals surface area contributed by atoms with E-state index in [1.807, 2.05) is 61.2 Å². The van der Waals surface area contributed by atoms with Crippen LogP contribution in [0.25, 0.3) is 6.08 Å². The highest BCUT2D eigenvalue weighted by atomic mass is 32.2. The van der Waals surface area contributed by atoms with Gasteiger partial charge in [-0.05, 0) is 61.9 Å². The summed E-state index contributed by atoms with van der Waals surface area (Å²) in [4.78, 5) is 16.0. The van der Waals surface area contributed by atoms with Crippen molar-refractivity contribution in [3.8, 4) is 11.5 Å². The van der Waals surface area contributed by atoms with E-state index in [-0.39, 0.29) is 5.91 Å². The molecule has 0 atom stereocenters. The van der Waals surface area contributed by atoms with Crippen LogP contribution in [0.15, 0.2) is 58.0 Å². The monoisotopic (exact) mass is 450 g/mol. The zero-order chi connectivity index (χ0) is 22.5. The number of methoxy groups -OCH3 is 1. The van der Waals surface area contributed by atoms with Gasteiger partial charge in [0.2, 0.25) is 0 Å². The van der Waals surface area contributed by atoms with Gasteiger partial charge in [0.05, 0.1) is 24.1 Å². The van der Waals surface area contributed by atoms with E-state index in [4.69, 9.17) is 14.0 Å². The first-order valence-electron chi connectivity index (χ1n) is 10.5. The number of carbonyl (C=O) groups excluding carboxylic acids is 1. The molecule has 1 aliphatic rings. The van der Waals surface area contributed by atoms with Crippen LogP contribution < -0.4 is 14.4 Å². The topological polar surface area (TPSA) is 64.8 Å². The van der Waals surface area contributed by atoms with Gasteiger partial charge in [0.25, 0.3) is 5.91 Å². The summed E-state index contributed by atoms with van der Waals surface area (Å²) in [6.07, 6.45) is 4.39. The number of nitrogens with zero attached hydrogens (tertiary/aromatic N) is 2. The van der Waals surface area contributed by atoms with Crippen molar-refractivity contribution in [1.82, 2.24) is 5.16 Å². The highest BCUT2D eigenvalue weighted by Gasteiger charge is 2.19. The molecule has 4 rings (SSSR count). The largest absolute Gasteiger partial charge is 0.493 e. The molecule has 0 fully saturated rings. The molecular formula is C25H26N2O4S. The van der Waals surface area contributed by atoms with E-state index < -0.39 is 0 Å². The van der Waals surface area contributed by atoms with Crippen molar-refractivity contribution in [2.24, 2.45) is 0 Å². The van der Waals surface area contributed by atoms with E-state index >= 15 is 0 Å². The summed E-state index contributed by atoms with van der Waals surface area (Å²) in [5, 5.41) is 3.95. The number of rotatable bonds is 6. The quantitative estimate of drug-likeness (QED) is 0.467. The van der Waals surface area contributed by atoms with E-state index in [2.05, 4.69) is 11.2 Å². The number of para-hydroxylation sites is 1. The number of hydrogen-bond acceptors (Lipinski definition) is 6. The Morgan fingerprint density at radius 3 is 2.84 bits per heavy atom. The molecule has 0 aliphatic carbocycles. The van der Waals surface area contributed by atoms with Crippen molar-refractivity contribution in [2.75, 3.05) is 24.3 Å². The number of aromatic nitrogens is 1. The predicted molar refractivity (Wildman–Crippen MR) is 126 cm³/mol. The van der Waals surface area contributed by atoms with Crippen LogP contribution in [-0.4, -0.2) is 30.5 Å². The Kier molecular flexibility index (Phi) is 6.85. The molecule has 0 saturated heterocycles. The summed E-state index contributed by atoms with van der Waals surface area (Å²) < 4.78 is 16.6. The maximum atomic E-state index is 13.0. The first-order chi connectivity index (χ1) is 15.6. The molecule has 3 aromatic rings. The van der Waals surface area contributed by atoms with Gasteiger partial charge >= 0.3 is 0 Å². The van der Waals surface area contributed by atoms with Gasteiger partial charge in [-0.3, -0.25) is 4.79 Å². The van der Waals surface area contributed by atoms with Crippen LogP contribution in [0.3, 0.4) is 0 Å². The van der Waals surface area contributed by atoms with Crippen LogP contribution >= 0.6 is 11.8 Å². The number of benzene rings is 2. The van der Waals surface area contributed by atoms with Crippen molar-refractivity contribution in [1.29, 1.82) is 0 Å². The van der Waals surface area contributed by atoms with Crippen molar-refractivity contribution >= 4 is 29.4 Å². The third-order valence-corrected chi connectivity index (χ3v) is 6.51. The minimum Gasteiger partial charge on any atom is -0.493 e. The van der Waals surface area contributed by atoms with Crippen molar-refractivity contribution < 1.29 is 18.8 Å². The molecule has 2 heterocycles. The minimum absolute atomic E-state index is 0.0300. The zero-order valence-corrected chi connectivity index (χ0v) is 19.3. The molecule has 0 radical (unpaired) electrons. The second-order valence-electron chi connectivity index (χ2n) is 7.49. The molecule has 166 valence electrons. The van der Waals surface area contributed by atoms with Crippen LogP contribution in [0, 0.1) is 13.8 Å². The summed E-state index contributed by atoms with van der Waals surface area (Å²) in [7, 11) is 1.60. The number of thioether (sulfide) groups is 1. The molecule has 1 amide bonds. The zero-order valence-electron chi connectivity index (χ0n) is 18.5. The number of fused-ring (bicyclic) bond motifs is 1. The Morgan fingerprint density at radius 2 is 2.06 bits per heavy atom. The van der Waals surface area contributed by atoms with Gasteiger partial charge in [0.1, 0.15) is 12.4 Å². The molecule has 7 heteroatoms. The molecule has 0 unspecified atom stereocenters. The van der Waals surface area contributed by atoms with E-state index in [9.17, 15) is 4.79 Å². The van der Waals surface area contributed by atoms with Crippen LogP contribution in [0.1, 0.15) is 29.0 Å². The summed E-state index contributed by atoms with van der Waals surface area (Å²) >= 11 is 1.80. The summed E-state index contributed by atoms with van der Waals surface area (Å²) in [5.74, 6) is 2.94. The van der Waals surface area contributed by atoms with Gasteiger partial charge in [-0.15, -0.1) is 11.8 Å².